The van der Waals surface area contributed by atoms with Crippen LogP contribution in [-0.2, 0) is 28.8 Å². The van der Waals surface area contributed by atoms with Gasteiger partial charge in [-0.15, -0.1) is 0 Å². The van der Waals surface area contributed by atoms with Crippen LogP contribution >= 0.6 is 0 Å². The third-order valence-electron chi connectivity index (χ3n) is 4.91. The van der Waals surface area contributed by atoms with Gasteiger partial charge in [0, 0.05) is 12.8 Å². The molecule has 14 heteroatoms. The van der Waals surface area contributed by atoms with Crippen molar-refractivity contribution in [3.8, 4) is 0 Å². The number of hydrogen-bond donors (Lipinski definition) is 7. The van der Waals surface area contributed by atoms with Crippen LogP contribution in [0.3, 0.4) is 0 Å². The highest BCUT2D eigenvalue weighted by atomic mass is 16.4. The van der Waals surface area contributed by atoms with E-state index in [0.29, 0.717) is 4.90 Å². The zero-order chi connectivity index (χ0) is 25.9. The van der Waals surface area contributed by atoms with E-state index >= 15 is 0 Å². The van der Waals surface area contributed by atoms with Crippen molar-refractivity contribution in [3.05, 3.63) is 0 Å². The van der Waals surface area contributed by atoms with Gasteiger partial charge in [0.05, 0.1) is 24.2 Å². The molecule has 0 spiro atoms. The van der Waals surface area contributed by atoms with Crippen molar-refractivity contribution in [2.45, 2.75) is 82.1 Å². The van der Waals surface area contributed by atoms with Gasteiger partial charge >= 0.3 is 5.97 Å². The van der Waals surface area contributed by atoms with Gasteiger partial charge in [-0.1, -0.05) is 0 Å². The van der Waals surface area contributed by atoms with E-state index in [1.165, 1.54) is 6.92 Å². The maximum Gasteiger partial charge on any atom is 0.320 e. The van der Waals surface area contributed by atoms with Gasteiger partial charge in [-0.25, -0.2) is 0 Å². The van der Waals surface area contributed by atoms with E-state index in [1.807, 2.05) is 0 Å². The van der Waals surface area contributed by atoms with E-state index in [4.69, 9.17) is 39.5 Å². The monoisotopic (exact) mass is 473 g/mol. The van der Waals surface area contributed by atoms with Gasteiger partial charge < -0.3 is 39.5 Å². The zero-order valence-electron chi connectivity index (χ0n) is 18.6. The van der Waals surface area contributed by atoms with Gasteiger partial charge in [-0.2, -0.15) is 0 Å². The molecule has 14 nitrogen and oxygen atoms in total. The fourth-order valence-electron chi connectivity index (χ4n) is 2.97. The topological polar surface area (TPSA) is 282 Å². The molecule has 0 fully saturated rings. The molecule has 0 aromatic carbocycles. The Morgan fingerprint density at radius 2 is 1.15 bits per heavy atom. The average Bonchev–Trinajstić information content (AvgIpc) is 2.73. The molecule has 0 aliphatic heterocycles. The molecular weight excluding hydrogens is 438 g/mol. The highest BCUT2D eigenvalue weighted by molar-refractivity contribution is 6.05. The molecule has 0 aliphatic carbocycles. The van der Waals surface area contributed by atoms with Gasteiger partial charge in [-0.3, -0.25) is 33.7 Å². The van der Waals surface area contributed by atoms with E-state index in [-0.39, 0.29) is 44.9 Å². The summed E-state index contributed by atoms with van der Waals surface area (Å²) < 4.78 is 0. The van der Waals surface area contributed by atoms with E-state index in [0.717, 1.165) is 0 Å². The quantitative estimate of drug-likeness (QED) is 0.115. The second kappa shape index (κ2) is 14.3. The molecule has 188 valence electrons. The van der Waals surface area contributed by atoms with Crippen LogP contribution in [0.5, 0.6) is 0 Å². The van der Waals surface area contributed by atoms with Crippen LogP contribution < -0.4 is 34.4 Å². The molecule has 33 heavy (non-hydrogen) atoms. The Balaban J connectivity index is 6.00. The third kappa shape index (κ3) is 10.5. The Labute approximate surface area is 191 Å². The minimum absolute atomic E-state index is 0.0459. The summed E-state index contributed by atoms with van der Waals surface area (Å²) in [5, 5.41) is 8.94. The number of carbonyl (C=O) groups excluding carboxylic acids is 5. The van der Waals surface area contributed by atoms with Crippen molar-refractivity contribution in [2.24, 2.45) is 34.4 Å². The number of carbonyl (C=O) groups is 6. The lowest BCUT2D eigenvalue weighted by atomic mass is 9.95. The minimum Gasteiger partial charge on any atom is -0.480 e. The normalized spacial score (nSPS) is 15.5. The van der Waals surface area contributed by atoms with Crippen LogP contribution in [0, 0.1) is 0 Å². The Hall–Kier alpha value is -2.94. The molecule has 0 bridgehead atoms. The number of carboxylic acid groups (broad SMARTS) is 1. The first kappa shape index (κ1) is 30.1. The lowest BCUT2D eigenvalue weighted by molar-refractivity contribution is -0.154. The summed E-state index contributed by atoms with van der Waals surface area (Å²) in [4.78, 5) is 72.7. The summed E-state index contributed by atoms with van der Waals surface area (Å²) in [6, 6.07) is -6.45. The number of hydrogen-bond acceptors (Lipinski definition) is 10. The van der Waals surface area contributed by atoms with Crippen LogP contribution in [0.15, 0.2) is 0 Å². The van der Waals surface area contributed by atoms with Gasteiger partial charge in [0.2, 0.25) is 23.6 Å². The SMILES string of the molecule is CC(N)C(=O)C(CCC[C@H](N)C(=O)O)N(C(=O)C(N)CCC(N)=O)C(=O)C(N)CCC(N)=O. The number of nitrogens with zero attached hydrogens (tertiary/aromatic N) is 1. The second-order valence-corrected chi connectivity index (χ2v) is 7.85. The van der Waals surface area contributed by atoms with Gasteiger partial charge in [0.1, 0.15) is 6.04 Å². The maximum atomic E-state index is 13.1. The van der Waals surface area contributed by atoms with E-state index in [1.54, 1.807) is 0 Å². The van der Waals surface area contributed by atoms with Gasteiger partial charge in [0.25, 0.3) is 0 Å². The summed E-state index contributed by atoms with van der Waals surface area (Å²) >= 11 is 0. The molecule has 0 saturated carbocycles. The second-order valence-electron chi connectivity index (χ2n) is 7.85. The largest absolute Gasteiger partial charge is 0.480 e. The number of nitrogens with two attached hydrogens (primary N) is 6. The molecule has 13 N–H and O–H groups in total. The van der Waals surface area contributed by atoms with E-state index in [9.17, 15) is 28.8 Å². The lowest BCUT2D eigenvalue weighted by Gasteiger charge is -2.33. The van der Waals surface area contributed by atoms with Crippen LogP contribution in [0.4, 0.5) is 0 Å². The van der Waals surface area contributed by atoms with Crippen molar-refractivity contribution in [1.82, 2.24) is 4.90 Å². The van der Waals surface area contributed by atoms with Crippen molar-refractivity contribution in [1.29, 1.82) is 0 Å². The summed E-state index contributed by atoms with van der Waals surface area (Å²) in [7, 11) is 0. The average molecular weight is 474 g/mol. The number of primary amides is 2. The molecule has 0 aromatic heterocycles. The summed E-state index contributed by atoms with van der Waals surface area (Å²) in [5.74, 6) is -5.37. The van der Waals surface area contributed by atoms with Crippen LogP contribution in [0.2, 0.25) is 0 Å². The first-order chi connectivity index (χ1) is 15.2. The Kier molecular flexibility index (Phi) is 13.0. The van der Waals surface area contributed by atoms with Gasteiger partial charge in [-0.05, 0) is 39.0 Å². The van der Waals surface area contributed by atoms with Crippen molar-refractivity contribution in [2.75, 3.05) is 0 Å². The first-order valence-electron chi connectivity index (χ1n) is 10.4. The van der Waals surface area contributed by atoms with Crippen molar-refractivity contribution < 1.29 is 33.9 Å². The third-order valence-corrected chi connectivity index (χ3v) is 4.91. The zero-order valence-corrected chi connectivity index (χ0v) is 18.6. The van der Waals surface area contributed by atoms with E-state index < -0.39 is 65.6 Å². The Morgan fingerprint density at radius 3 is 1.48 bits per heavy atom. The predicted molar refractivity (Wildman–Crippen MR) is 117 cm³/mol. The van der Waals surface area contributed by atoms with Gasteiger partial charge in [0.15, 0.2) is 5.78 Å². The molecule has 4 unspecified atom stereocenters. The molecule has 4 amide bonds. The highest BCUT2D eigenvalue weighted by Crippen LogP contribution is 2.17. The number of carboxylic acids is 1. The smallest absolute Gasteiger partial charge is 0.320 e. The number of imide groups is 1. The summed E-state index contributed by atoms with van der Waals surface area (Å²) in [6.45, 7) is 1.35. The molecule has 0 heterocycles. The van der Waals surface area contributed by atoms with Crippen molar-refractivity contribution in [3.63, 3.8) is 0 Å². The number of amides is 4. The maximum absolute atomic E-state index is 13.1. The predicted octanol–water partition coefficient (Wildman–Crippen LogP) is -3.61. The molecule has 5 atom stereocenters. The lowest BCUT2D eigenvalue weighted by Crippen LogP contribution is -2.60. The Bertz CT molecular complexity index is 708. The molecule has 0 radical (unpaired) electrons. The molecule has 0 aliphatic rings. The van der Waals surface area contributed by atoms with Crippen LogP contribution in [-0.4, -0.2) is 75.6 Å². The molecule has 0 saturated heterocycles. The van der Waals surface area contributed by atoms with Crippen LogP contribution in [0.25, 0.3) is 0 Å². The highest BCUT2D eigenvalue weighted by Gasteiger charge is 2.39. The summed E-state index contributed by atoms with van der Waals surface area (Å²) in [5.41, 5.74) is 33.0. The minimum atomic E-state index is -1.41. The standard InChI is InChI=1S/C19H35N7O7/c1-9(20)16(29)13(4-2-3-12(23)19(32)33)26(17(30)10(21)5-7-14(24)27)18(31)11(22)6-8-15(25)28/h9-13H,2-8,20-23H2,1H3,(H2,24,27)(H2,25,28)(H,32,33)/t9?,10?,11?,12-,13?/m0/s1. The fraction of sp³-hybridized carbons (Fsp3) is 0.684. The van der Waals surface area contributed by atoms with Crippen LogP contribution in [0.1, 0.15) is 51.9 Å². The van der Waals surface area contributed by atoms with E-state index in [2.05, 4.69) is 0 Å². The Morgan fingerprint density at radius 1 is 0.727 bits per heavy atom. The fourth-order valence-corrected chi connectivity index (χ4v) is 2.97. The molecular formula is C19H35N7O7. The number of rotatable bonds is 16. The first-order valence-corrected chi connectivity index (χ1v) is 10.4. The van der Waals surface area contributed by atoms with Crippen molar-refractivity contribution >= 4 is 35.4 Å². The molecule has 0 rings (SSSR count). The molecule has 0 aromatic rings. The summed E-state index contributed by atoms with van der Waals surface area (Å²) in [6.07, 6.45) is -1.03. The number of ketones is 1. The number of Topliss-reactive ketones (excluding diaryl/α,β-unsaturated/α-hetero) is 1. The number of aliphatic carboxylic acids is 1.